The minimum Gasteiger partial charge on any atom is -0.375 e. The molecule has 0 N–H and O–H groups in total. The summed E-state index contributed by atoms with van der Waals surface area (Å²) >= 11 is 0. The summed E-state index contributed by atoms with van der Waals surface area (Å²) in [6.45, 7) is 5.07. The largest absolute Gasteiger partial charge is 0.375 e. The molecule has 0 radical (unpaired) electrons. The van der Waals surface area contributed by atoms with E-state index in [1.54, 1.807) is 10.6 Å². The highest BCUT2D eigenvalue weighted by atomic mass is 32.2. The Morgan fingerprint density at radius 3 is 2.91 bits per heavy atom. The monoisotopic (exact) mass is 323 g/mol. The molecule has 1 aromatic carbocycles. The van der Waals surface area contributed by atoms with Crippen molar-refractivity contribution in [3.8, 4) is 0 Å². The molecular formula is C15H21N3O3S. The Balaban J connectivity index is 1.74. The van der Waals surface area contributed by atoms with Gasteiger partial charge in [-0.05, 0) is 26.0 Å². The van der Waals surface area contributed by atoms with Crippen LogP contribution in [0.2, 0.25) is 0 Å². The molecule has 1 aromatic heterocycles. The van der Waals surface area contributed by atoms with E-state index in [-0.39, 0.29) is 17.9 Å². The zero-order valence-corrected chi connectivity index (χ0v) is 13.7. The second-order valence-electron chi connectivity index (χ2n) is 5.81. The van der Waals surface area contributed by atoms with Crippen molar-refractivity contribution in [2.24, 2.45) is 0 Å². The van der Waals surface area contributed by atoms with Crippen molar-refractivity contribution >= 4 is 21.1 Å². The zero-order valence-electron chi connectivity index (χ0n) is 12.8. The maximum absolute atomic E-state index is 12.6. The van der Waals surface area contributed by atoms with Gasteiger partial charge in [-0.15, -0.1) is 0 Å². The van der Waals surface area contributed by atoms with Crippen molar-refractivity contribution in [1.82, 2.24) is 13.9 Å². The number of hydrogen-bond acceptors (Lipinski definition) is 4. The quantitative estimate of drug-likeness (QED) is 0.855. The fourth-order valence-electron chi connectivity index (χ4n) is 2.78. The van der Waals surface area contributed by atoms with E-state index in [1.165, 1.54) is 0 Å². The molecule has 0 saturated carbocycles. The lowest BCUT2D eigenvalue weighted by Gasteiger charge is -2.35. The van der Waals surface area contributed by atoms with Crippen molar-refractivity contribution in [3.05, 3.63) is 30.6 Å². The van der Waals surface area contributed by atoms with Gasteiger partial charge in [0.05, 0.1) is 35.8 Å². The second-order valence-corrected chi connectivity index (χ2v) is 7.85. The first-order chi connectivity index (χ1) is 10.5. The lowest BCUT2D eigenvalue weighted by Crippen LogP contribution is -2.51. The van der Waals surface area contributed by atoms with Gasteiger partial charge in [-0.1, -0.05) is 12.1 Å². The summed E-state index contributed by atoms with van der Waals surface area (Å²) in [5, 5.41) is 0. The van der Waals surface area contributed by atoms with E-state index in [4.69, 9.17) is 4.74 Å². The molecule has 22 heavy (non-hydrogen) atoms. The fourth-order valence-corrected chi connectivity index (χ4v) is 4.49. The van der Waals surface area contributed by atoms with Crippen LogP contribution < -0.4 is 0 Å². The highest BCUT2D eigenvalue weighted by Gasteiger charge is 2.32. The van der Waals surface area contributed by atoms with Gasteiger partial charge in [-0.25, -0.2) is 13.4 Å². The first-order valence-corrected chi connectivity index (χ1v) is 9.09. The Kier molecular flexibility index (Phi) is 4.20. The van der Waals surface area contributed by atoms with Gasteiger partial charge in [-0.2, -0.15) is 4.31 Å². The molecule has 0 aliphatic carbocycles. The number of fused-ring (bicyclic) bond motifs is 1. The molecule has 7 heteroatoms. The number of sulfonamides is 1. The topological polar surface area (TPSA) is 64.4 Å². The first-order valence-electron chi connectivity index (χ1n) is 7.48. The molecule has 0 spiro atoms. The van der Waals surface area contributed by atoms with Gasteiger partial charge in [0.1, 0.15) is 0 Å². The molecule has 0 unspecified atom stereocenters. The third-order valence-electron chi connectivity index (χ3n) is 4.03. The molecule has 0 amide bonds. The van der Waals surface area contributed by atoms with E-state index in [0.29, 0.717) is 19.7 Å². The predicted molar refractivity (Wildman–Crippen MR) is 85.1 cm³/mol. The Morgan fingerprint density at radius 1 is 1.32 bits per heavy atom. The molecule has 1 aliphatic rings. The number of nitrogens with zero attached hydrogens (tertiary/aromatic N) is 3. The van der Waals surface area contributed by atoms with Gasteiger partial charge in [0.15, 0.2) is 0 Å². The molecule has 2 heterocycles. The summed E-state index contributed by atoms with van der Waals surface area (Å²) in [6.07, 6.45) is 1.64. The van der Waals surface area contributed by atoms with Crippen LogP contribution >= 0.6 is 0 Å². The minimum atomic E-state index is -3.31. The van der Waals surface area contributed by atoms with Crippen LogP contribution in [0.15, 0.2) is 30.6 Å². The Bertz CT molecular complexity index is 756. The number of benzene rings is 1. The molecule has 0 bridgehead atoms. The highest BCUT2D eigenvalue weighted by Crippen LogP contribution is 2.17. The van der Waals surface area contributed by atoms with Crippen LogP contribution in [0.1, 0.15) is 13.8 Å². The van der Waals surface area contributed by atoms with Crippen LogP contribution in [-0.2, 0) is 21.3 Å². The fraction of sp³-hybridized carbons (Fsp3) is 0.533. The van der Waals surface area contributed by atoms with Gasteiger partial charge in [0, 0.05) is 19.1 Å². The maximum Gasteiger partial charge on any atom is 0.216 e. The Morgan fingerprint density at radius 2 is 2.09 bits per heavy atom. The average molecular weight is 323 g/mol. The van der Waals surface area contributed by atoms with Crippen LogP contribution in [-0.4, -0.2) is 53.3 Å². The van der Waals surface area contributed by atoms with Crippen molar-refractivity contribution < 1.29 is 13.2 Å². The number of aromatic nitrogens is 2. The van der Waals surface area contributed by atoms with E-state index in [9.17, 15) is 8.42 Å². The van der Waals surface area contributed by atoms with Gasteiger partial charge in [-0.3, -0.25) is 0 Å². The molecular weight excluding hydrogens is 302 g/mol. The van der Waals surface area contributed by atoms with Crippen molar-refractivity contribution in [2.75, 3.05) is 18.9 Å². The standard InChI is InChI=1S/C15H21N3O3S/c1-12-10-21-13(2)9-18(12)22(19,20)8-7-17-11-16-14-5-3-4-6-15(14)17/h3-6,11-13H,7-10H2,1-2H3/t12-,13-/m1/s1. The van der Waals surface area contributed by atoms with Crippen molar-refractivity contribution in [3.63, 3.8) is 0 Å². The van der Waals surface area contributed by atoms with Crippen LogP contribution in [0.5, 0.6) is 0 Å². The molecule has 1 fully saturated rings. The average Bonchev–Trinajstić information content (AvgIpc) is 2.91. The molecule has 1 saturated heterocycles. The van der Waals surface area contributed by atoms with E-state index >= 15 is 0 Å². The number of aryl methyl sites for hydroxylation is 1. The molecule has 120 valence electrons. The van der Waals surface area contributed by atoms with Gasteiger partial charge in [0.2, 0.25) is 10.0 Å². The number of imidazole rings is 1. The van der Waals surface area contributed by atoms with Crippen LogP contribution in [0.25, 0.3) is 11.0 Å². The number of ether oxygens (including phenoxy) is 1. The normalized spacial score (nSPS) is 23.9. The summed E-state index contributed by atoms with van der Waals surface area (Å²) in [5.74, 6) is 0.0738. The van der Waals surface area contributed by atoms with Crippen LogP contribution in [0.3, 0.4) is 0 Å². The lowest BCUT2D eigenvalue weighted by atomic mass is 10.2. The highest BCUT2D eigenvalue weighted by molar-refractivity contribution is 7.89. The SMILES string of the molecule is C[C@@H]1CN(S(=O)(=O)CCn2cnc3ccccc32)[C@H](C)CO1. The summed E-state index contributed by atoms with van der Waals surface area (Å²) in [4.78, 5) is 4.29. The second kappa shape index (κ2) is 5.98. The molecule has 6 nitrogen and oxygen atoms in total. The number of rotatable bonds is 4. The molecule has 2 atom stereocenters. The Hall–Kier alpha value is -1.44. The predicted octanol–water partition coefficient (Wildman–Crippen LogP) is 1.48. The number of hydrogen-bond donors (Lipinski definition) is 0. The number of para-hydroxylation sites is 2. The van der Waals surface area contributed by atoms with E-state index in [0.717, 1.165) is 11.0 Å². The third-order valence-corrected chi connectivity index (χ3v) is 5.95. The van der Waals surface area contributed by atoms with Crippen LogP contribution in [0, 0.1) is 0 Å². The van der Waals surface area contributed by atoms with Gasteiger partial charge < -0.3 is 9.30 Å². The van der Waals surface area contributed by atoms with E-state index in [1.807, 2.05) is 42.7 Å². The Labute approximate surface area is 130 Å². The third kappa shape index (κ3) is 3.02. The van der Waals surface area contributed by atoms with Crippen molar-refractivity contribution in [2.45, 2.75) is 32.5 Å². The molecule has 1 aliphatic heterocycles. The molecule has 2 aromatic rings. The lowest BCUT2D eigenvalue weighted by molar-refractivity contribution is -0.0170. The summed E-state index contributed by atoms with van der Waals surface area (Å²) in [7, 11) is -3.31. The maximum atomic E-state index is 12.6. The van der Waals surface area contributed by atoms with E-state index in [2.05, 4.69) is 4.98 Å². The van der Waals surface area contributed by atoms with Crippen molar-refractivity contribution in [1.29, 1.82) is 0 Å². The molecule has 3 rings (SSSR count). The van der Waals surface area contributed by atoms with Crippen LogP contribution in [0.4, 0.5) is 0 Å². The summed E-state index contributed by atoms with van der Waals surface area (Å²) in [5.41, 5.74) is 1.84. The first kappa shape index (κ1) is 15.5. The smallest absolute Gasteiger partial charge is 0.216 e. The summed E-state index contributed by atoms with van der Waals surface area (Å²) < 4.78 is 34.2. The van der Waals surface area contributed by atoms with E-state index < -0.39 is 10.0 Å². The number of morpholine rings is 1. The summed E-state index contributed by atoms with van der Waals surface area (Å²) in [6, 6.07) is 7.62. The zero-order chi connectivity index (χ0) is 15.7. The minimum absolute atomic E-state index is 0.0555. The van der Waals surface area contributed by atoms with Gasteiger partial charge >= 0.3 is 0 Å². The van der Waals surface area contributed by atoms with Gasteiger partial charge in [0.25, 0.3) is 0 Å².